The van der Waals surface area contributed by atoms with Crippen LogP contribution in [0.3, 0.4) is 0 Å². The largest absolute Gasteiger partial charge is 0.398 e. The van der Waals surface area contributed by atoms with Gasteiger partial charge in [-0.2, -0.15) is 0 Å². The highest BCUT2D eigenvalue weighted by molar-refractivity contribution is 5.57. The molecule has 2 nitrogen and oxygen atoms in total. The Bertz CT molecular complexity index is 290. The molecule has 2 heteroatoms. The zero-order chi connectivity index (χ0) is 9.30. The smallest absolute Gasteiger partial charge is 0.0394 e. The van der Waals surface area contributed by atoms with Gasteiger partial charge in [0.2, 0.25) is 0 Å². The number of benzene rings is 1. The first-order valence-electron chi connectivity index (χ1n) is 4.15. The van der Waals surface area contributed by atoms with Gasteiger partial charge in [-0.1, -0.05) is 12.1 Å². The van der Waals surface area contributed by atoms with Gasteiger partial charge in [-0.3, -0.25) is 0 Å². The molecule has 0 aliphatic carbocycles. The molecule has 0 saturated carbocycles. The maximum atomic E-state index is 5.90. The van der Waals surface area contributed by atoms with Crippen LogP contribution < -0.4 is 11.5 Å². The number of hydrogen-bond acceptors (Lipinski definition) is 2. The molecular formula is C10H16N2. The molecule has 1 atom stereocenters. The van der Waals surface area contributed by atoms with Gasteiger partial charge in [0.25, 0.3) is 0 Å². The summed E-state index contributed by atoms with van der Waals surface area (Å²) >= 11 is 0. The van der Waals surface area contributed by atoms with Crippen LogP contribution >= 0.6 is 0 Å². The number of hydrogen-bond donors (Lipinski definition) is 2. The standard InChI is InChI=1S/C10H16N2/c1-6-4-5-9(8(3)11)10(12)7(6)2/h4-5,8H,11-12H2,1-3H3/t8-/m0/s1. The van der Waals surface area contributed by atoms with Crippen LogP contribution in [-0.2, 0) is 0 Å². The van der Waals surface area contributed by atoms with Crippen molar-refractivity contribution in [3.05, 3.63) is 28.8 Å². The van der Waals surface area contributed by atoms with Crippen molar-refractivity contribution in [3.63, 3.8) is 0 Å². The van der Waals surface area contributed by atoms with Gasteiger partial charge < -0.3 is 11.5 Å². The second kappa shape index (κ2) is 3.15. The van der Waals surface area contributed by atoms with Crippen molar-refractivity contribution in [1.82, 2.24) is 0 Å². The average Bonchev–Trinajstić information content (AvgIpc) is 2.00. The third kappa shape index (κ3) is 1.43. The van der Waals surface area contributed by atoms with Crippen LogP contribution in [0.2, 0.25) is 0 Å². The molecule has 1 aromatic rings. The molecule has 4 N–H and O–H groups in total. The Balaban J connectivity index is 3.27. The molecular weight excluding hydrogens is 148 g/mol. The molecule has 0 heterocycles. The summed E-state index contributed by atoms with van der Waals surface area (Å²) in [7, 11) is 0. The first kappa shape index (κ1) is 9.07. The van der Waals surface area contributed by atoms with E-state index in [0.29, 0.717) is 0 Å². The predicted octanol–water partition coefficient (Wildman–Crippen LogP) is 1.91. The van der Waals surface area contributed by atoms with E-state index in [0.717, 1.165) is 16.8 Å². The topological polar surface area (TPSA) is 52.0 Å². The molecule has 0 radical (unpaired) electrons. The van der Waals surface area contributed by atoms with Crippen molar-refractivity contribution in [2.75, 3.05) is 5.73 Å². The van der Waals surface area contributed by atoms with Crippen molar-refractivity contribution in [2.24, 2.45) is 5.73 Å². The van der Waals surface area contributed by atoms with E-state index >= 15 is 0 Å². The fourth-order valence-corrected chi connectivity index (χ4v) is 1.26. The molecule has 1 aromatic carbocycles. The first-order valence-corrected chi connectivity index (χ1v) is 4.15. The van der Waals surface area contributed by atoms with Gasteiger partial charge >= 0.3 is 0 Å². The highest BCUT2D eigenvalue weighted by atomic mass is 14.7. The van der Waals surface area contributed by atoms with E-state index in [2.05, 4.69) is 13.0 Å². The zero-order valence-corrected chi connectivity index (χ0v) is 7.89. The third-order valence-electron chi connectivity index (χ3n) is 2.31. The van der Waals surface area contributed by atoms with Gasteiger partial charge in [0, 0.05) is 11.7 Å². The summed E-state index contributed by atoms with van der Waals surface area (Å²) in [5.41, 5.74) is 15.9. The summed E-state index contributed by atoms with van der Waals surface area (Å²) in [6.45, 7) is 6.02. The Morgan fingerprint density at radius 2 is 1.83 bits per heavy atom. The molecule has 0 unspecified atom stereocenters. The average molecular weight is 164 g/mol. The van der Waals surface area contributed by atoms with Crippen LogP contribution in [0.5, 0.6) is 0 Å². The van der Waals surface area contributed by atoms with Gasteiger partial charge in [0.1, 0.15) is 0 Å². The monoisotopic (exact) mass is 164 g/mol. The van der Waals surface area contributed by atoms with Crippen LogP contribution in [0, 0.1) is 13.8 Å². The molecule has 0 fully saturated rings. The summed E-state index contributed by atoms with van der Waals surface area (Å²) in [6, 6.07) is 4.08. The molecule has 0 amide bonds. The summed E-state index contributed by atoms with van der Waals surface area (Å²) < 4.78 is 0. The Morgan fingerprint density at radius 1 is 1.25 bits per heavy atom. The highest BCUT2D eigenvalue weighted by Crippen LogP contribution is 2.24. The quantitative estimate of drug-likeness (QED) is 0.623. The summed E-state index contributed by atoms with van der Waals surface area (Å²) in [4.78, 5) is 0. The van der Waals surface area contributed by atoms with Crippen molar-refractivity contribution >= 4 is 5.69 Å². The SMILES string of the molecule is Cc1ccc([C@H](C)N)c(N)c1C. The van der Waals surface area contributed by atoms with E-state index in [9.17, 15) is 0 Å². The number of aryl methyl sites for hydroxylation is 1. The summed E-state index contributed by atoms with van der Waals surface area (Å²) in [6.07, 6.45) is 0. The normalized spacial score (nSPS) is 13.0. The Hall–Kier alpha value is -1.02. The van der Waals surface area contributed by atoms with Crippen molar-refractivity contribution in [1.29, 1.82) is 0 Å². The lowest BCUT2D eigenvalue weighted by molar-refractivity contribution is 0.819. The molecule has 0 saturated heterocycles. The fraction of sp³-hybridized carbons (Fsp3) is 0.400. The van der Waals surface area contributed by atoms with Gasteiger partial charge in [-0.15, -0.1) is 0 Å². The Morgan fingerprint density at radius 3 is 2.33 bits per heavy atom. The molecule has 0 bridgehead atoms. The lowest BCUT2D eigenvalue weighted by atomic mass is 9.99. The molecule has 1 rings (SSSR count). The summed E-state index contributed by atoms with van der Waals surface area (Å²) in [5, 5.41) is 0. The van der Waals surface area contributed by atoms with E-state index in [1.54, 1.807) is 0 Å². The second-order valence-corrected chi connectivity index (χ2v) is 3.30. The second-order valence-electron chi connectivity index (χ2n) is 3.30. The van der Waals surface area contributed by atoms with E-state index in [-0.39, 0.29) is 6.04 Å². The van der Waals surface area contributed by atoms with Crippen molar-refractivity contribution < 1.29 is 0 Å². The molecule has 12 heavy (non-hydrogen) atoms. The van der Waals surface area contributed by atoms with Crippen LogP contribution in [0.25, 0.3) is 0 Å². The van der Waals surface area contributed by atoms with Crippen LogP contribution in [0.1, 0.15) is 29.7 Å². The lowest BCUT2D eigenvalue weighted by Gasteiger charge is -2.13. The van der Waals surface area contributed by atoms with Gasteiger partial charge in [0.15, 0.2) is 0 Å². The maximum absolute atomic E-state index is 5.90. The zero-order valence-electron chi connectivity index (χ0n) is 7.89. The highest BCUT2D eigenvalue weighted by Gasteiger charge is 2.07. The van der Waals surface area contributed by atoms with E-state index in [1.807, 2.05) is 19.9 Å². The fourth-order valence-electron chi connectivity index (χ4n) is 1.26. The molecule has 0 spiro atoms. The maximum Gasteiger partial charge on any atom is 0.0394 e. The molecule has 0 aliphatic heterocycles. The number of nitrogen functional groups attached to an aromatic ring is 1. The lowest BCUT2D eigenvalue weighted by Crippen LogP contribution is -2.09. The molecule has 0 aliphatic rings. The molecule has 66 valence electrons. The number of anilines is 1. The number of rotatable bonds is 1. The van der Waals surface area contributed by atoms with E-state index < -0.39 is 0 Å². The van der Waals surface area contributed by atoms with E-state index in [4.69, 9.17) is 11.5 Å². The minimum atomic E-state index is 0.0179. The van der Waals surface area contributed by atoms with Crippen LogP contribution in [0.15, 0.2) is 12.1 Å². The minimum absolute atomic E-state index is 0.0179. The van der Waals surface area contributed by atoms with Crippen molar-refractivity contribution in [2.45, 2.75) is 26.8 Å². The third-order valence-corrected chi connectivity index (χ3v) is 2.31. The summed E-state index contributed by atoms with van der Waals surface area (Å²) in [5.74, 6) is 0. The van der Waals surface area contributed by atoms with Gasteiger partial charge in [-0.05, 0) is 37.5 Å². The van der Waals surface area contributed by atoms with Crippen LogP contribution in [-0.4, -0.2) is 0 Å². The van der Waals surface area contributed by atoms with Gasteiger partial charge in [-0.25, -0.2) is 0 Å². The molecule has 0 aromatic heterocycles. The van der Waals surface area contributed by atoms with Crippen molar-refractivity contribution in [3.8, 4) is 0 Å². The Kier molecular flexibility index (Phi) is 2.38. The van der Waals surface area contributed by atoms with E-state index in [1.165, 1.54) is 5.56 Å². The van der Waals surface area contributed by atoms with Gasteiger partial charge in [0.05, 0.1) is 0 Å². The van der Waals surface area contributed by atoms with Crippen LogP contribution in [0.4, 0.5) is 5.69 Å². The predicted molar refractivity (Wildman–Crippen MR) is 52.9 cm³/mol. The Labute approximate surface area is 73.6 Å². The first-order chi connectivity index (χ1) is 5.54. The number of nitrogens with two attached hydrogens (primary N) is 2. The minimum Gasteiger partial charge on any atom is -0.398 e.